The maximum Gasteiger partial charge on any atom is 0.407 e. The van der Waals surface area contributed by atoms with E-state index in [2.05, 4.69) is 15.1 Å². The van der Waals surface area contributed by atoms with Crippen molar-refractivity contribution in [2.45, 2.75) is 63.5 Å². The molecular formula is C31H46Cl2N4O6. The van der Waals surface area contributed by atoms with E-state index >= 15 is 0 Å². The van der Waals surface area contributed by atoms with Crippen molar-refractivity contribution in [2.75, 3.05) is 52.5 Å². The topological polar surface area (TPSA) is 130 Å². The summed E-state index contributed by atoms with van der Waals surface area (Å²) in [6.07, 6.45) is 1.39. The second kappa shape index (κ2) is 17.2. The SMILES string of the molecule is CC(C)(C)OC(=O)N[C@H](CO)CCN1CC(Oc2ccc(Cl)cc2)C1.N[C@H](CO)CCN1CC(Oc2ccc(Cl)cc2)C1. The molecule has 5 N–H and O–H groups in total. The van der Waals surface area contributed by atoms with Crippen molar-refractivity contribution in [3.63, 3.8) is 0 Å². The van der Waals surface area contributed by atoms with Gasteiger partial charge in [0.25, 0.3) is 0 Å². The predicted octanol–water partition coefficient (Wildman–Crippen LogP) is 3.79. The van der Waals surface area contributed by atoms with Gasteiger partial charge in [0.05, 0.1) is 19.3 Å². The first-order valence-corrected chi connectivity index (χ1v) is 15.4. The second-order valence-corrected chi connectivity index (χ2v) is 12.8. The molecule has 1 amide bonds. The molecule has 0 radical (unpaired) electrons. The van der Waals surface area contributed by atoms with Gasteiger partial charge < -0.3 is 35.5 Å². The zero-order chi connectivity index (χ0) is 31.4. The molecule has 10 nitrogen and oxygen atoms in total. The van der Waals surface area contributed by atoms with Crippen LogP contribution in [0.2, 0.25) is 10.0 Å². The van der Waals surface area contributed by atoms with Crippen molar-refractivity contribution in [3.05, 3.63) is 58.6 Å². The monoisotopic (exact) mass is 640 g/mol. The quantitative estimate of drug-likeness (QED) is 0.258. The Bertz CT molecular complexity index is 1090. The van der Waals surface area contributed by atoms with Gasteiger partial charge in [0.2, 0.25) is 0 Å². The van der Waals surface area contributed by atoms with Crippen LogP contribution in [0.25, 0.3) is 0 Å². The van der Waals surface area contributed by atoms with Crippen molar-refractivity contribution in [2.24, 2.45) is 5.73 Å². The van der Waals surface area contributed by atoms with Gasteiger partial charge in [-0.05, 0) is 82.1 Å². The molecule has 0 aromatic heterocycles. The number of nitrogens with zero attached hydrogens (tertiary/aromatic N) is 2. The zero-order valence-electron chi connectivity index (χ0n) is 25.3. The molecule has 2 aliphatic heterocycles. The van der Waals surface area contributed by atoms with E-state index in [0.717, 1.165) is 62.2 Å². The minimum absolute atomic E-state index is 0.0541. The highest BCUT2D eigenvalue weighted by molar-refractivity contribution is 6.30. The molecule has 2 fully saturated rings. The molecule has 2 aromatic carbocycles. The van der Waals surface area contributed by atoms with Crippen LogP contribution in [0.1, 0.15) is 33.6 Å². The highest BCUT2D eigenvalue weighted by atomic mass is 35.5. The lowest BCUT2D eigenvalue weighted by molar-refractivity contribution is 0.0150. The number of aliphatic hydroxyl groups excluding tert-OH is 2. The third-order valence-corrected chi connectivity index (χ3v) is 7.37. The largest absolute Gasteiger partial charge is 0.488 e. The van der Waals surface area contributed by atoms with E-state index < -0.39 is 11.7 Å². The highest BCUT2D eigenvalue weighted by Crippen LogP contribution is 2.22. The third-order valence-electron chi connectivity index (χ3n) is 6.87. The number of aliphatic hydroxyl groups is 2. The fourth-order valence-corrected chi connectivity index (χ4v) is 4.68. The number of hydrogen-bond acceptors (Lipinski definition) is 9. The number of alkyl carbamates (subject to hydrolysis) is 1. The van der Waals surface area contributed by atoms with Crippen LogP contribution in [-0.4, -0.2) is 108 Å². The number of nitrogens with one attached hydrogen (secondary N) is 1. The number of halogens is 2. The van der Waals surface area contributed by atoms with Crippen LogP contribution in [0.5, 0.6) is 11.5 Å². The van der Waals surface area contributed by atoms with Crippen molar-refractivity contribution in [1.29, 1.82) is 0 Å². The van der Waals surface area contributed by atoms with Gasteiger partial charge in [0, 0.05) is 55.4 Å². The Kier molecular flexibility index (Phi) is 14.1. The Morgan fingerprint density at radius 3 is 1.70 bits per heavy atom. The molecule has 2 saturated heterocycles. The summed E-state index contributed by atoms with van der Waals surface area (Å²) in [6.45, 7) is 10.5. The Morgan fingerprint density at radius 2 is 1.30 bits per heavy atom. The Labute approximate surface area is 265 Å². The number of carbonyl (C=O) groups is 1. The number of ether oxygens (including phenoxy) is 3. The van der Waals surface area contributed by atoms with E-state index in [1.165, 1.54) is 0 Å². The van der Waals surface area contributed by atoms with Crippen LogP contribution in [0.3, 0.4) is 0 Å². The molecule has 0 saturated carbocycles. The fourth-order valence-electron chi connectivity index (χ4n) is 4.43. The van der Waals surface area contributed by atoms with Gasteiger partial charge >= 0.3 is 6.09 Å². The number of likely N-dealkylation sites (tertiary alicyclic amines) is 2. The van der Waals surface area contributed by atoms with Gasteiger partial charge in [-0.25, -0.2) is 4.79 Å². The van der Waals surface area contributed by atoms with Crippen molar-refractivity contribution in [3.8, 4) is 11.5 Å². The molecule has 2 heterocycles. The van der Waals surface area contributed by atoms with E-state index in [4.69, 9.17) is 48.3 Å². The summed E-state index contributed by atoms with van der Waals surface area (Å²) in [6, 6.07) is 14.3. The molecule has 43 heavy (non-hydrogen) atoms. The smallest absolute Gasteiger partial charge is 0.407 e. The maximum absolute atomic E-state index is 11.7. The normalized spacial score (nSPS) is 17.5. The lowest BCUT2D eigenvalue weighted by Crippen LogP contribution is -2.55. The standard InChI is InChI=1S/C18H27ClN2O4.C13H19ClN2O2/c1-18(2,3)25-17(23)20-14(12-22)8-9-21-10-16(11-21)24-15-6-4-13(19)5-7-15;14-10-1-3-12(4-2-10)18-13-7-16(8-13)6-5-11(15)9-17/h4-7,14,16,22H,8-12H2,1-3H3,(H,20,23);1-4,11,13,17H,5-9,15H2/t14-;11-/m00/s1. The molecule has 2 aromatic rings. The first-order chi connectivity index (χ1) is 20.4. The number of carbonyl (C=O) groups excluding carboxylic acids is 1. The molecule has 0 spiro atoms. The van der Waals surface area contributed by atoms with Crippen LogP contribution < -0.4 is 20.5 Å². The summed E-state index contributed by atoms with van der Waals surface area (Å²) in [7, 11) is 0. The van der Waals surface area contributed by atoms with Crippen LogP contribution in [0.4, 0.5) is 4.79 Å². The number of benzene rings is 2. The summed E-state index contributed by atoms with van der Waals surface area (Å²) in [4.78, 5) is 16.2. The summed E-state index contributed by atoms with van der Waals surface area (Å²) in [5.41, 5.74) is 5.10. The Morgan fingerprint density at radius 1 is 0.860 bits per heavy atom. The lowest BCUT2D eigenvalue weighted by Gasteiger charge is -2.39. The van der Waals surface area contributed by atoms with Gasteiger partial charge in [-0.3, -0.25) is 9.80 Å². The van der Waals surface area contributed by atoms with Gasteiger partial charge in [0.15, 0.2) is 0 Å². The summed E-state index contributed by atoms with van der Waals surface area (Å²) in [5.74, 6) is 1.67. The number of rotatable bonds is 13. The molecule has 4 rings (SSSR count). The lowest BCUT2D eigenvalue weighted by atomic mass is 10.1. The molecule has 2 aliphatic rings. The van der Waals surface area contributed by atoms with E-state index in [0.29, 0.717) is 11.4 Å². The Hall–Kier alpha value is -2.31. The number of nitrogens with two attached hydrogens (primary N) is 1. The van der Waals surface area contributed by atoms with Crippen LogP contribution in [0, 0.1) is 0 Å². The number of amides is 1. The van der Waals surface area contributed by atoms with Gasteiger partial charge in [-0.2, -0.15) is 0 Å². The van der Waals surface area contributed by atoms with E-state index in [1.807, 2.05) is 48.5 Å². The molecule has 0 bridgehead atoms. The molecule has 12 heteroatoms. The average molecular weight is 642 g/mol. The zero-order valence-corrected chi connectivity index (χ0v) is 26.8. The van der Waals surface area contributed by atoms with Crippen LogP contribution in [-0.2, 0) is 4.74 Å². The van der Waals surface area contributed by atoms with Gasteiger partial charge in [0.1, 0.15) is 29.3 Å². The fraction of sp³-hybridized carbons (Fsp3) is 0.581. The molecule has 0 unspecified atom stereocenters. The minimum Gasteiger partial charge on any atom is -0.488 e. The molecule has 0 aliphatic carbocycles. The van der Waals surface area contributed by atoms with Crippen LogP contribution >= 0.6 is 23.2 Å². The second-order valence-electron chi connectivity index (χ2n) is 12.0. The first-order valence-electron chi connectivity index (χ1n) is 14.7. The summed E-state index contributed by atoms with van der Waals surface area (Å²) in [5, 5.41) is 22.4. The minimum atomic E-state index is -0.548. The predicted molar refractivity (Wildman–Crippen MR) is 169 cm³/mol. The first kappa shape index (κ1) is 35.2. The maximum atomic E-state index is 11.7. The van der Waals surface area contributed by atoms with Gasteiger partial charge in [-0.15, -0.1) is 0 Å². The Balaban J connectivity index is 0.000000248. The average Bonchev–Trinajstić information content (AvgIpc) is 2.91. The van der Waals surface area contributed by atoms with Crippen molar-refractivity contribution in [1.82, 2.24) is 15.1 Å². The molecule has 240 valence electrons. The van der Waals surface area contributed by atoms with Gasteiger partial charge in [-0.1, -0.05) is 23.2 Å². The highest BCUT2D eigenvalue weighted by Gasteiger charge is 2.29. The summed E-state index contributed by atoms with van der Waals surface area (Å²) < 4.78 is 16.8. The van der Waals surface area contributed by atoms with E-state index in [1.54, 1.807) is 20.8 Å². The molecule has 2 atom stereocenters. The van der Waals surface area contributed by atoms with Crippen molar-refractivity contribution >= 4 is 29.3 Å². The number of hydrogen-bond donors (Lipinski definition) is 4. The molecular weight excluding hydrogens is 595 g/mol. The van der Waals surface area contributed by atoms with E-state index in [-0.39, 0.29) is 37.5 Å². The van der Waals surface area contributed by atoms with Crippen LogP contribution in [0.15, 0.2) is 48.5 Å². The van der Waals surface area contributed by atoms with Crippen molar-refractivity contribution < 1.29 is 29.2 Å². The van der Waals surface area contributed by atoms with E-state index in [9.17, 15) is 9.90 Å². The third kappa shape index (κ3) is 13.5. The summed E-state index contributed by atoms with van der Waals surface area (Å²) >= 11 is 11.7.